The Morgan fingerprint density at radius 2 is 1.88 bits per heavy atom. The monoisotopic (exact) mass is 297 g/mol. The van der Waals surface area contributed by atoms with E-state index in [0.717, 1.165) is 27.4 Å². The fourth-order valence-corrected chi connectivity index (χ4v) is 2.40. The van der Waals surface area contributed by atoms with Crippen LogP contribution >= 0.6 is 27.7 Å². The maximum absolute atomic E-state index is 11.4. The van der Waals surface area contributed by atoms with E-state index in [1.807, 2.05) is 31.2 Å². The minimum absolute atomic E-state index is 0.309. The number of nitrogens with one attached hydrogen (secondary N) is 1. The number of hydrogen-bond acceptors (Lipinski definition) is 3. The van der Waals surface area contributed by atoms with Crippen molar-refractivity contribution in [2.24, 2.45) is 0 Å². The van der Waals surface area contributed by atoms with Gasteiger partial charge in [0.05, 0.1) is 4.91 Å². The number of thioether (sulfide) groups is 1. The zero-order valence-electron chi connectivity index (χ0n) is 8.41. The average Bonchev–Trinajstić information content (AvgIpc) is 2.58. The molecule has 0 bridgehead atoms. The summed E-state index contributed by atoms with van der Waals surface area (Å²) in [4.78, 5) is 23.0. The van der Waals surface area contributed by atoms with Crippen LogP contribution in [0, 0.1) is 0 Å². The van der Waals surface area contributed by atoms with E-state index in [1.54, 1.807) is 0 Å². The molecular weight excluding hydrogens is 290 g/mol. The quantitative estimate of drug-likeness (QED) is 0.810. The van der Waals surface area contributed by atoms with Crippen molar-refractivity contribution in [3.63, 3.8) is 0 Å². The van der Waals surface area contributed by atoms with Crippen LogP contribution in [0.5, 0.6) is 0 Å². The molecule has 1 aliphatic rings. The van der Waals surface area contributed by atoms with Gasteiger partial charge in [0, 0.05) is 4.47 Å². The van der Waals surface area contributed by atoms with Crippen LogP contribution in [-0.4, -0.2) is 11.1 Å². The third-order valence-electron chi connectivity index (χ3n) is 2.23. The van der Waals surface area contributed by atoms with Crippen LogP contribution in [0.1, 0.15) is 12.5 Å². The highest BCUT2D eigenvalue weighted by atomic mass is 79.9. The topological polar surface area (TPSA) is 46.2 Å². The molecule has 2 rings (SSSR count). The number of rotatable bonds is 1. The maximum Gasteiger partial charge on any atom is 0.290 e. The van der Waals surface area contributed by atoms with Gasteiger partial charge in [0.1, 0.15) is 0 Å². The van der Waals surface area contributed by atoms with E-state index in [1.165, 1.54) is 0 Å². The van der Waals surface area contributed by atoms with E-state index in [9.17, 15) is 9.59 Å². The summed E-state index contributed by atoms with van der Waals surface area (Å²) < 4.78 is 0.980. The summed E-state index contributed by atoms with van der Waals surface area (Å²) in [5, 5.41) is 1.94. The second kappa shape index (κ2) is 4.43. The largest absolute Gasteiger partial charge is 0.290 e. The predicted octanol–water partition coefficient (Wildman–Crippen LogP) is 3.16. The minimum atomic E-state index is -0.310. The SMILES string of the molecule is C/C(=C1/SC(=O)NC1=O)c1ccc(Br)cc1. The highest BCUT2D eigenvalue weighted by molar-refractivity contribution is 9.10. The summed E-state index contributed by atoms with van der Waals surface area (Å²) in [6, 6.07) is 7.61. The summed E-state index contributed by atoms with van der Waals surface area (Å²) in [6.45, 7) is 1.84. The van der Waals surface area contributed by atoms with Crippen LogP contribution in [0.3, 0.4) is 0 Å². The molecule has 0 saturated carbocycles. The van der Waals surface area contributed by atoms with Crippen molar-refractivity contribution in [3.05, 3.63) is 39.2 Å². The van der Waals surface area contributed by atoms with Crippen molar-refractivity contribution in [3.8, 4) is 0 Å². The minimum Gasteiger partial charge on any atom is -0.282 e. The van der Waals surface area contributed by atoms with Gasteiger partial charge >= 0.3 is 0 Å². The zero-order valence-corrected chi connectivity index (χ0v) is 10.8. The van der Waals surface area contributed by atoms with E-state index in [0.29, 0.717) is 4.91 Å². The molecule has 0 aliphatic carbocycles. The number of hydrogen-bond donors (Lipinski definition) is 1. The smallest absolute Gasteiger partial charge is 0.282 e. The molecule has 1 heterocycles. The standard InChI is InChI=1S/C11H8BrNO2S/c1-6(7-2-4-8(12)5-3-7)9-10(14)13-11(15)16-9/h2-5H,1H3,(H,13,14,15)/b9-6-. The lowest BCUT2D eigenvalue weighted by Gasteiger charge is -2.03. The van der Waals surface area contributed by atoms with Gasteiger partial charge in [0.2, 0.25) is 0 Å². The fraction of sp³-hybridized carbons (Fsp3) is 0.0909. The molecule has 0 atom stereocenters. The Kier molecular flexibility index (Phi) is 3.16. The lowest BCUT2D eigenvalue weighted by molar-refractivity contribution is -0.115. The maximum atomic E-state index is 11.4. The Labute approximate surface area is 105 Å². The van der Waals surface area contributed by atoms with Crippen molar-refractivity contribution in [1.29, 1.82) is 0 Å². The summed E-state index contributed by atoms with van der Waals surface area (Å²) in [5.74, 6) is -0.310. The molecule has 3 nitrogen and oxygen atoms in total. The van der Waals surface area contributed by atoms with Crippen LogP contribution in [0.15, 0.2) is 33.6 Å². The number of benzene rings is 1. The van der Waals surface area contributed by atoms with Crippen LogP contribution in [0.2, 0.25) is 0 Å². The molecule has 1 saturated heterocycles. The molecule has 82 valence electrons. The molecule has 1 N–H and O–H groups in total. The predicted molar refractivity (Wildman–Crippen MR) is 67.9 cm³/mol. The molecule has 1 aromatic rings. The highest BCUT2D eigenvalue weighted by Crippen LogP contribution is 2.31. The van der Waals surface area contributed by atoms with Crippen LogP contribution in [-0.2, 0) is 4.79 Å². The Morgan fingerprint density at radius 3 is 2.38 bits per heavy atom. The molecule has 0 unspecified atom stereocenters. The molecule has 1 fully saturated rings. The number of allylic oxidation sites excluding steroid dienone is 1. The van der Waals surface area contributed by atoms with Crippen molar-refractivity contribution < 1.29 is 9.59 Å². The second-order valence-electron chi connectivity index (χ2n) is 3.30. The van der Waals surface area contributed by atoms with Crippen molar-refractivity contribution in [2.75, 3.05) is 0 Å². The van der Waals surface area contributed by atoms with E-state index < -0.39 is 0 Å². The van der Waals surface area contributed by atoms with Crippen molar-refractivity contribution >= 4 is 44.4 Å². The van der Waals surface area contributed by atoms with E-state index in [2.05, 4.69) is 21.2 Å². The lowest BCUT2D eigenvalue weighted by atomic mass is 10.1. The molecule has 0 radical (unpaired) electrons. The van der Waals surface area contributed by atoms with Crippen LogP contribution in [0.25, 0.3) is 5.57 Å². The number of halogens is 1. The Bertz CT molecular complexity index is 493. The Balaban J connectivity index is 2.41. The third kappa shape index (κ3) is 2.20. The van der Waals surface area contributed by atoms with Crippen molar-refractivity contribution in [1.82, 2.24) is 5.32 Å². The summed E-state index contributed by atoms with van der Waals surface area (Å²) in [6.07, 6.45) is 0. The van der Waals surface area contributed by atoms with Gasteiger partial charge in [-0.15, -0.1) is 0 Å². The second-order valence-corrected chi connectivity index (χ2v) is 5.20. The van der Waals surface area contributed by atoms with Gasteiger partial charge in [-0.3, -0.25) is 14.9 Å². The Morgan fingerprint density at radius 1 is 1.25 bits per heavy atom. The first-order chi connectivity index (χ1) is 7.58. The first-order valence-electron chi connectivity index (χ1n) is 4.58. The zero-order chi connectivity index (χ0) is 11.7. The molecule has 1 aliphatic heterocycles. The molecule has 1 aromatic carbocycles. The number of carbonyl (C=O) groups is 2. The lowest BCUT2D eigenvalue weighted by Crippen LogP contribution is -2.18. The van der Waals surface area contributed by atoms with Gasteiger partial charge in [-0.25, -0.2) is 0 Å². The number of carbonyl (C=O) groups excluding carboxylic acids is 2. The Hall–Kier alpha value is -1.07. The first-order valence-corrected chi connectivity index (χ1v) is 6.19. The van der Waals surface area contributed by atoms with Crippen LogP contribution < -0.4 is 5.32 Å². The molecule has 0 spiro atoms. The molecular formula is C11H8BrNO2S. The number of imide groups is 1. The van der Waals surface area contributed by atoms with Gasteiger partial charge in [-0.05, 0) is 42.0 Å². The van der Waals surface area contributed by atoms with E-state index in [4.69, 9.17) is 0 Å². The van der Waals surface area contributed by atoms with Crippen molar-refractivity contribution in [2.45, 2.75) is 6.92 Å². The summed E-state index contributed by atoms with van der Waals surface area (Å²) in [7, 11) is 0. The molecule has 5 heteroatoms. The van der Waals surface area contributed by atoms with Gasteiger partial charge in [0.25, 0.3) is 11.1 Å². The molecule has 0 aromatic heterocycles. The van der Waals surface area contributed by atoms with E-state index in [-0.39, 0.29) is 11.1 Å². The normalized spacial score (nSPS) is 18.6. The average molecular weight is 298 g/mol. The first kappa shape index (κ1) is 11.4. The molecule has 2 amide bonds. The highest BCUT2D eigenvalue weighted by Gasteiger charge is 2.27. The van der Waals surface area contributed by atoms with Crippen LogP contribution in [0.4, 0.5) is 4.79 Å². The summed E-state index contributed by atoms with van der Waals surface area (Å²) >= 11 is 4.29. The number of amides is 2. The van der Waals surface area contributed by atoms with Gasteiger partial charge in [-0.1, -0.05) is 28.1 Å². The van der Waals surface area contributed by atoms with Gasteiger partial charge in [-0.2, -0.15) is 0 Å². The summed E-state index contributed by atoms with van der Waals surface area (Å²) in [5.41, 5.74) is 1.76. The third-order valence-corrected chi connectivity index (χ3v) is 3.75. The van der Waals surface area contributed by atoms with E-state index >= 15 is 0 Å². The van der Waals surface area contributed by atoms with Gasteiger partial charge in [0.15, 0.2) is 0 Å². The fourth-order valence-electron chi connectivity index (χ4n) is 1.39. The molecule has 16 heavy (non-hydrogen) atoms. The van der Waals surface area contributed by atoms with Gasteiger partial charge < -0.3 is 0 Å².